The second kappa shape index (κ2) is 7.26. The largest absolute Gasteiger partial charge is 0.343 e. The van der Waals surface area contributed by atoms with Gasteiger partial charge in [-0.3, -0.25) is 4.99 Å². The van der Waals surface area contributed by atoms with Crippen LogP contribution in [0.4, 0.5) is 10.1 Å². The summed E-state index contributed by atoms with van der Waals surface area (Å²) >= 11 is 3.42. The number of halogens is 2. The van der Waals surface area contributed by atoms with Gasteiger partial charge in [-0.25, -0.2) is 4.39 Å². The van der Waals surface area contributed by atoms with Gasteiger partial charge in [0.05, 0.1) is 5.69 Å². The minimum absolute atomic E-state index is 0.203. The Bertz CT molecular complexity index is 1080. The highest BCUT2D eigenvalue weighted by Gasteiger charge is 2.03. The highest BCUT2D eigenvalue weighted by Crippen LogP contribution is 2.20. The lowest BCUT2D eigenvalue weighted by Crippen LogP contribution is -1.98. The van der Waals surface area contributed by atoms with E-state index in [0.29, 0.717) is 6.54 Å². The third kappa shape index (κ3) is 3.75. The molecule has 4 heteroatoms. The zero-order valence-corrected chi connectivity index (χ0v) is 15.5. The summed E-state index contributed by atoms with van der Waals surface area (Å²) in [5.74, 6) is -0.203. The van der Waals surface area contributed by atoms with Gasteiger partial charge < -0.3 is 4.57 Å². The SMILES string of the molecule is Fc1cccc(Cn2ccc3cc(C=Nc4ccc(Br)cc4)ccc32)c1. The summed E-state index contributed by atoms with van der Waals surface area (Å²) in [6.07, 6.45) is 3.90. The lowest BCUT2D eigenvalue weighted by Gasteiger charge is -2.06. The molecule has 4 aromatic rings. The lowest BCUT2D eigenvalue weighted by molar-refractivity contribution is 0.624. The van der Waals surface area contributed by atoms with Crippen LogP contribution in [0.3, 0.4) is 0 Å². The van der Waals surface area contributed by atoms with E-state index >= 15 is 0 Å². The fraction of sp³-hybridized carbons (Fsp3) is 0.0455. The first-order chi connectivity index (χ1) is 12.7. The molecular formula is C22H16BrFN2. The van der Waals surface area contributed by atoms with Gasteiger partial charge in [-0.2, -0.15) is 0 Å². The number of aromatic nitrogens is 1. The number of hydrogen-bond donors (Lipinski definition) is 0. The number of aliphatic imine (C=N–C) groups is 1. The maximum Gasteiger partial charge on any atom is 0.123 e. The minimum atomic E-state index is -0.203. The molecule has 3 aromatic carbocycles. The van der Waals surface area contributed by atoms with Crippen molar-refractivity contribution >= 4 is 38.7 Å². The third-order valence-corrected chi connectivity index (χ3v) is 4.75. The summed E-state index contributed by atoms with van der Waals surface area (Å²) in [6, 6.07) is 22.9. The fourth-order valence-corrected chi connectivity index (χ4v) is 3.21. The molecule has 1 aromatic heterocycles. The van der Waals surface area contributed by atoms with E-state index < -0.39 is 0 Å². The Balaban J connectivity index is 1.58. The molecule has 0 aliphatic carbocycles. The second-order valence-corrected chi connectivity index (χ2v) is 7.04. The van der Waals surface area contributed by atoms with E-state index in [1.165, 1.54) is 6.07 Å². The van der Waals surface area contributed by atoms with Gasteiger partial charge in [-0.15, -0.1) is 0 Å². The first-order valence-electron chi connectivity index (χ1n) is 8.30. The topological polar surface area (TPSA) is 17.3 Å². The Kier molecular flexibility index (Phi) is 4.67. The van der Waals surface area contributed by atoms with E-state index in [-0.39, 0.29) is 5.82 Å². The maximum atomic E-state index is 13.4. The molecule has 0 aliphatic rings. The lowest BCUT2D eigenvalue weighted by atomic mass is 10.1. The molecule has 0 saturated carbocycles. The number of fused-ring (bicyclic) bond motifs is 1. The molecule has 0 N–H and O–H groups in total. The molecule has 0 aliphatic heterocycles. The first-order valence-corrected chi connectivity index (χ1v) is 9.10. The Morgan fingerprint density at radius 1 is 0.962 bits per heavy atom. The molecule has 4 rings (SSSR count). The molecule has 128 valence electrons. The summed E-state index contributed by atoms with van der Waals surface area (Å²) in [4.78, 5) is 4.51. The monoisotopic (exact) mass is 406 g/mol. The van der Waals surface area contributed by atoms with Crippen LogP contribution in [0.5, 0.6) is 0 Å². The molecule has 0 radical (unpaired) electrons. The summed E-state index contributed by atoms with van der Waals surface area (Å²) in [5.41, 5.74) is 4.03. The van der Waals surface area contributed by atoms with E-state index in [1.807, 2.05) is 48.8 Å². The quantitative estimate of drug-likeness (QED) is 0.351. The smallest absolute Gasteiger partial charge is 0.123 e. The van der Waals surface area contributed by atoms with Crippen molar-refractivity contribution < 1.29 is 4.39 Å². The highest BCUT2D eigenvalue weighted by molar-refractivity contribution is 9.10. The van der Waals surface area contributed by atoms with Gasteiger partial charge in [-0.05, 0) is 65.7 Å². The molecule has 0 amide bonds. The van der Waals surface area contributed by atoms with Crippen LogP contribution in [0.15, 0.2) is 88.5 Å². The predicted molar refractivity (Wildman–Crippen MR) is 109 cm³/mol. The minimum Gasteiger partial charge on any atom is -0.343 e. The van der Waals surface area contributed by atoms with Crippen molar-refractivity contribution in [2.24, 2.45) is 4.99 Å². The van der Waals surface area contributed by atoms with E-state index in [4.69, 9.17) is 0 Å². The van der Waals surface area contributed by atoms with Crippen LogP contribution < -0.4 is 0 Å². The second-order valence-electron chi connectivity index (χ2n) is 6.13. The molecule has 1 heterocycles. The predicted octanol–water partition coefficient (Wildman–Crippen LogP) is 6.34. The zero-order valence-electron chi connectivity index (χ0n) is 13.9. The van der Waals surface area contributed by atoms with Gasteiger partial charge in [0, 0.05) is 34.3 Å². The molecule has 0 spiro atoms. The Hall–Kier alpha value is -2.72. The molecule has 0 unspecified atom stereocenters. The van der Waals surface area contributed by atoms with Crippen molar-refractivity contribution in [2.75, 3.05) is 0 Å². The number of benzene rings is 3. The Morgan fingerprint density at radius 2 is 1.81 bits per heavy atom. The fourth-order valence-electron chi connectivity index (χ4n) is 2.95. The molecule has 0 saturated heterocycles. The van der Waals surface area contributed by atoms with Gasteiger partial charge >= 0.3 is 0 Å². The van der Waals surface area contributed by atoms with Gasteiger partial charge in [0.1, 0.15) is 5.82 Å². The number of hydrogen-bond acceptors (Lipinski definition) is 1. The normalized spacial score (nSPS) is 11.5. The molecule has 0 bridgehead atoms. The third-order valence-electron chi connectivity index (χ3n) is 4.23. The van der Waals surface area contributed by atoms with Crippen molar-refractivity contribution in [3.05, 3.63) is 100 Å². The highest BCUT2D eigenvalue weighted by atomic mass is 79.9. The average Bonchev–Trinajstić information content (AvgIpc) is 3.03. The van der Waals surface area contributed by atoms with E-state index in [9.17, 15) is 4.39 Å². The van der Waals surface area contributed by atoms with E-state index in [2.05, 4.69) is 43.7 Å². The van der Waals surface area contributed by atoms with E-state index in [1.54, 1.807) is 12.1 Å². The van der Waals surface area contributed by atoms with E-state index in [0.717, 1.165) is 32.2 Å². The van der Waals surface area contributed by atoms with Crippen molar-refractivity contribution in [2.45, 2.75) is 6.54 Å². The number of rotatable bonds is 4. The van der Waals surface area contributed by atoms with Crippen LogP contribution in [0, 0.1) is 5.82 Å². The van der Waals surface area contributed by atoms with Crippen molar-refractivity contribution in [1.82, 2.24) is 4.57 Å². The van der Waals surface area contributed by atoms with Gasteiger partial charge in [0.15, 0.2) is 0 Å². The van der Waals surface area contributed by atoms with Gasteiger partial charge in [0.2, 0.25) is 0 Å². The molecule has 0 fully saturated rings. The van der Waals surface area contributed by atoms with Gasteiger partial charge in [-0.1, -0.05) is 34.1 Å². The summed E-state index contributed by atoms with van der Waals surface area (Å²) in [5, 5.41) is 1.14. The van der Waals surface area contributed by atoms with Crippen LogP contribution >= 0.6 is 15.9 Å². The molecule has 2 nitrogen and oxygen atoms in total. The standard InChI is InChI=1S/C22H16BrFN2/c23-19-5-7-21(8-6-19)25-14-16-4-9-22-18(12-16)10-11-26(22)15-17-2-1-3-20(24)13-17/h1-14H,15H2. The van der Waals surface area contributed by atoms with Crippen LogP contribution in [0.2, 0.25) is 0 Å². The molecule has 26 heavy (non-hydrogen) atoms. The molecular weight excluding hydrogens is 391 g/mol. The van der Waals surface area contributed by atoms with Crippen LogP contribution in [0.1, 0.15) is 11.1 Å². The van der Waals surface area contributed by atoms with Crippen LogP contribution in [0.25, 0.3) is 10.9 Å². The van der Waals surface area contributed by atoms with Crippen molar-refractivity contribution in [1.29, 1.82) is 0 Å². The summed E-state index contributed by atoms with van der Waals surface area (Å²) in [7, 11) is 0. The first kappa shape index (κ1) is 16.7. The Morgan fingerprint density at radius 3 is 2.62 bits per heavy atom. The zero-order chi connectivity index (χ0) is 17.9. The average molecular weight is 407 g/mol. The summed E-state index contributed by atoms with van der Waals surface area (Å²) in [6.45, 7) is 0.646. The van der Waals surface area contributed by atoms with Crippen LogP contribution in [-0.4, -0.2) is 10.8 Å². The maximum absolute atomic E-state index is 13.4. The number of nitrogens with zero attached hydrogens (tertiary/aromatic N) is 2. The van der Waals surface area contributed by atoms with Crippen molar-refractivity contribution in [3.8, 4) is 0 Å². The van der Waals surface area contributed by atoms with Crippen LogP contribution in [-0.2, 0) is 6.54 Å². The Labute approximate surface area is 159 Å². The summed E-state index contributed by atoms with van der Waals surface area (Å²) < 4.78 is 16.5. The molecule has 0 atom stereocenters. The van der Waals surface area contributed by atoms with Gasteiger partial charge in [0.25, 0.3) is 0 Å². The van der Waals surface area contributed by atoms with Crippen molar-refractivity contribution in [3.63, 3.8) is 0 Å².